The first-order chi connectivity index (χ1) is 9.10. The zero-order valence-electron chi connectivity index (χ0n) is 13.0. The van der Waals surface area contributed by atoms with Gasteiger partial charge in [-0.15, -0.1) is 0 Å². The monoisotopic (exact) mass is 262 g/mol. The van der Waals surface area contributed by atoms with Crippen molar-refractivity contribution in [3.8, 4) is 0 Å². The van der Waals surface area contributed by atoms with E-state index in [0.717, 1.165) is 13.1 Å². The van der Waals surface area contributed by atoms with E-state index in [1.54, 1.807) is 0 Å². The zero-order valence-corrected chi connectivity index (χ0v) is 13.0. The van der Waals surface area contributed by atoms with Crippen LogP contribution in [0.3, 0.4) is 0 Å². The Kier molecular flexibility index (Phi) is 7.11. The molecule has 0 amide bonds. The molecular formula is C17H30N2. The highest BCUT2D eigenvalue weighted by atomic mass is 15.2. The Hall–Kier alpha value is -0.860. The molecule has 0 fully saturated rings. The molecule has 0 spiro atoms. The lowest BCUT2D eigenvalue weighted by molar-refractivity contribution is 0.189. The Morgan fingerprint density at radius 2 is 1.89 bits per heavy atom. The van der Waals surface area contributed by atoms with Gasteiger partial charge in [-0.25, -0.2) is 0 Å². The maximum absolute atomic E-state index is 6.42. The summed E-state index contributed by atoms with van der Waals surface area (Å²) in [5.41, 5.74) is 9.00. The van der Waals surface area contributed by atoms with Crippen LogP contribution in [-0.2, 0) is 0 Å². The van der Waals surface area contributed by atoms with Crippen LogP contribution in [0.4, 0.5) is 0 Å². The number of hydrogen-bond acceptors (Lipinski definition) is 2. The van der Waals surface area contributed by atoms with Gasteiger partial charge in [-0.05, 0) is 44.4 Å². The van der Waals surface area contributed by atoms with E-state index >= 15 is 0 Å². The maximum Gasteiger partial charge on any atom is 0.0427 e. The highest BCUT2D eigenvalue weighted by Crippen LogP contribution is 2.18. The molecule has 1 aromatic carbocycles. The molecule has 0 bridgehead atoms. The van der Waals surface area contributed by atoms with Crippen LogP contribution in [0.5, 0.6) is 0 Å². The minimum absolute atomic E-state index is 0.118. The van der Waals surface area contributed by atoms with E-state index in [1.807, 2.05) is 0 Å². The number of unbranched alkanes of at least 4 members (excludes halogenated alkanes) is 1. The lowest BCUT2D eigenvalue weighted by Gasteiger charge is -2.31. The largest absolute Gasteiger partial charge is 0.323 e. The minimum Gasteiger partial charge on any atom is -0.323 e. The first-order valence-corrected chi connectivity index (χ1v) is 7.65. The van der Waals surface area contributed by atoms with Crippen LogP contribution in [0, 0.1) is 6.92 Å². The van der Waals surface area contributed by atoms with E-state index in [-0.39, 0.29) is 6.04 Å². The molecule has 0 aliphatic heterocycles. The molecule has 1 aromatic rings. The topological polar surface area (TPSA) is 29.3 Å². The lowest BCUT2D eigenvalue weighted by Crippen LogP contribution is -2.39. The van der Waals surface area contributed by atoms with Gasteiger partial charge in [-0.2, -0.15) is 0 Å². The molecular weight excluding hydrogens is 232 g/mol. The molecule has 2 N–H and O–H groups in total. The van der Waals surface area contributed by atoms with E-state index in [1.165, 1.54) is 30.4 Å². The maximum atomic E-state index is 6.42. The average molecular weight is 262 g/mol. The summed E-state index contributed by atoms with van der Waals surface area (Å²) in [6, 6.07) is 9.20. The molecule has 0 aromatic heterocycles. The molecule has 0 radical (unpaired) electrons. The van der Waals surface area contributed by atoms with Crippen molar-refractivity contribution in [1.82, 2.24) is 4.90 Å². The summed E-state index contributed by atoms with van der Waals surface area (Å²) in [4.78, 5) is 2.54. The summed E-state index contributed by atoms with van der Waals surface area (Å²) in [5.74, 6) is 0. The van der Waals surface area contributed by atoms with E-state index in [0.29, 0.717) is 6.04 Å². The SMILES string of the molecule is CCCCN(CC(N)c1ccccc1C)C(C)CC. The number of hydrogen-bond donors (Lipinski definition) is 1. The lowest BCUT2D eigenvalue weighted by atomic mass is 10.0. The standard InChI is InChI=1S/C17H30N2/c1-5-7-12-19(15(4)6-2)13-17(18)16-11-9-8-10-14(16)3/h8-11,15,17H,5-7,12-13,18H2,1-4H3. The van der Waals surface area contributed by atoms with Gasteiger partial charge in [0, 0.05) is 18.6 Å². The third-order valence-corrected chi connectivity index (χ3v) is 4.03. The number of nitrogens with two attached hydrogens (primary N) is 1. The molecule has 0 heterocycles. The van der Waals surface area contributed by atoms with Crippen LogP contribution in [-0.4, -0.2) is 24.0 Å². The molecule has 1 rings (SSSR count). The van der Waals surface area contributed by atoms with E-state index in [9.17, 15) is 0 Å². The van der Waals surface area contributed by atoms with Gasteiger partial charge in [0.15, 0.2) is 0 Å². The predicted octanol–water partition coefficient (Wildman–Crippen LogP) is 3.90. The summed E-state index contributed by atoms with van der Waals surface area (Å²) in [6.45, 7) is 11.1. The van der Waals surface area contributed by atoms with Crippen molar-refractivity contribution in [2.45, 2.75) is 59.0 Å². The molecule has 0 saturated carbocycles. The second-order valence-electron chi connectivity index (χ2n) is 5.57. The third kappa shape index (κ3) is 4.96. The highest BCUT2D eigenvalue weighted by Gasteiger charge is 2.17. The summed E-state index contributed by atoms with van der Waals surface area (Å²) in [7, 11) is 0. The van der Waals surface area contributed by atoms with Gasteiger partial charge in [0.25, 0.3) is 0 Å². The van der Waals surface area contributed by atoms with Gasteiger partial charge in [0.1, 0.15) is 0 Å². The Labute approximate surface area is 119 Å². The third-order valence-electron chi connectivity index (χ3n) is 4.03. The second-order valence-corrected chi connectivity index (χ2v) is 5.57. The van der Waals surface area contributed by atoms with Crippen molar-refractivity contribution in [2.75, 3.05) is 13.1 Å². The summed E-state index contributed by atoms with van der Waals surface area (Å²) < 4.78 is 0. The van der Waals surface area contributed by atoms with Gasteiger partial charge in [0.2, 0.25) is 0 Å². The summed E-state index contributed by atoms with van der Waals surface area (Å²) in [6.07, 6.45) is 3.68. The van der Waals surface area contributed by atoms with E-state index in [4.69, 9.17) is 5.73 Å². The fourth-order valence-corrected chi connectivity index (χ4v) is 2.46. The molecule has 0 aliphatic rings. The Balaban J connectivity index is 2.70. The minimum atomic E-state index is 0.118. The Morgan fingerprint density at radius 1 is 1.21 bits per heavy atom. The molecule has 2 unspecified atom stereocenters. The van der Waals surface area contributed by atoms with Gasteiger partial charge < -0.3 is 5.73 Å². The van der Waals surface area contributed by atoms with Crippen LogP contribution in [0.1, 0.15) is 57.2 Å². The van der Waals surface area contributed by atoms with Crippen LogP contribution < -0.4 is 5.73 Å². The number of benzene rings is 1. The smallest absolute Gasteiger partial charge is 0.0427 e. The quantitative estimate of drug-likeness (QED) is 0.770. The van der Waals surface area contributed by atoms with Gasteiger partial charge in [-0.1, -0.05) is 44.5 Å². The molecule has 2 atom stereocenters. The molecule has 2 nitrogen and oxygen atoms in total. The predicted molar refractivity (Wildman–Crippen MR) is 84.3 cm³/mol. The average Bonchev–Trinajstić information content (AvgIpc) is 2.42. The van der Waals surface area contributed by atoms with E-state index in [2.05, 4.69) is 56.9 Å². The van der Waals surface area contributed by atoms with Crippen molar-refractivity contribution < 1.29 is 0 Å². The molecule has 0 aliphatic carbocycles. The van der Waals surface area contributed by atoms with Gasteiger partial charge in [0.05, 0.1) is 0 Å². The first kappa shape index (κ1) is 16.2. The van der Waals surface area contributed by atoms with Crippen molar-refractivity contribution in [3.05, 3.63) is 35.4 Å². The van der Waals surface area contributed by atoms with Gasteiger partial charge >= 0.3 is 0 Å². The van der Waals surface area contributed by atoms with Crippen LogP contribution in [0.25, 0.3) is 0 Å². The highest BCUT2D eigenvalue weighted by molar-refractivity contribution is 5.28. The van der Waals surface area contributed by atoms with Crippen molar-refractivity contribution in [3.63, 3.8) is 0 Å². The number of nitrogens with zero attached hydrogens (tertiary/aromatic N) is 1. The molecule has 2 heteroatoms. The normalized spacial score (nSPS) is 14.6. The first-order valence-electron chi connectivity index (χ1n) is 7.65. The summed E-state index contributed by atoms with van der Waals surface area (Å²) in [5, 5.41) is 0. The van der Waals surface area contributed by atoms with Crippen molar-refractivity contribution >= 4 is 0 Å². The van der Waals surface area contributed by atoms with Crippen LogP contribution in [0.2, 0.25) is 0 Å². The van der Waals surface area contributed by atoms with Crippen LogP contribution in [0.15, 0.2) is 24.3 Å². The number of rotatable bonds is 8. The summed E-state index contributed by atoms with van der Waals surface area (Å²) >= 11 is 0. The van der Waals surface area contributed by atoms with Crippen molar-refractivity contribution in [2.24, 2.45) is 5.73 Å². The fraction of sp³-hybridized carbons (Fsp3) is 0.647. The van der Waals surface area contributed by atoms with Crippen LogP contribution >= 0.6 is 0 Å². The fourth-order valence-electron chi connectivity index (χ4n) is 2.46. The van der Waals surface area contributed by atoms with E-state index < -0.39 is 0 Å². The molecule has 108 valence electrons. The van der Waals surface area contributed by atoms with Gasteiger partial charge in [-0.3, -0.25) is 4.90 Å². The zero-order chi connectivity index (χ0) is 14.3. The Morgan fingerprint density at radius 3 is 2.47 bits per heavy atom. The second kappa shape index (κ2) is 8.34. The number of aryl methyl sites for hydroxylation is 1. The molecule has 0 saturated heterocycles. The molecule has 19 heavy (non-hydrogen) atoms. The Bertz CT molecular complexity index is 362. The van der Waals surface area contributed by atoms with Crippen molar-refractivity contribution in [1.29, 1.82) is 0 Å².